The number of phenolic OH excluding ortho intramolecular Hbond substituents is 2. The minimum Gasteiger partial charge on any atom is -0.506 e. The molecule has 4 aromatic carbocycles. The molecule has 0 radical (unpaired) electrons. The van der Waals surface area contributed by atoms with E-state index in [1.165, 1.54) is 15.6 Å². The average Bonchev–Trinajstić information content (AvgIpc) is 2.98. The van der Waals surface area contributed by atoms with E-state index in [1.54, 1.807) is 12.1 Å². The Morgan fingerprint density at radius 3 is 1.57 bits per heavy atom. The molecule has 0 spiro atoms. The lowest BCUT2D eigenvalue weighted by Gasteiger charge is -2.01. The standard InChI is InChI=1S/C12H9.2C10H9NO.2Al.N2.3H/c1-3-7-11(8-4-1)12-9-5-2-6-10-12;2*1-7-5-6-8-3-2-4-9(12)10(8)11-7;;;1-2;;;/h1,3-10H;2*2-6,12H,1H3;;;;;;/q;;;2*+1;-2;;;. The highest BCUT2D eigenvalue weighted by atomic mass is 27.1. The van der Waals surface area contributed by atoms with Crippen molar-refractivity contribution in [1.29, 1.82) is 0 Å². The number of para-hydroxylation sites is 2. The summed E-state index contributed by atoms with van der Waals surface area (Å²) in [4.78, 5) is 8.45. The highest BCUT2D eigenvalue weighted by Crippen LogP contribution is 2.23. The van der Waals surface area contributed by atoms with E-state index in [0.717, 1.165) is 38.7 Å². The molecule has 0 amide bonds. The van der Waals surface area contributed by atoms with Crippen molar-refractivity contribution in [3.8, 4) is 22.6 Å². The Balaban J connectivity index is 0.000000141. The lowest BCUT2D eigenvalue weighted by atomic mass is 10.1. The van der Waals surface area contributed by atoms with Crippen molar-refractivity contribution in [2.24, 2.45) is 8.20 Å². The average molecular weight is 557 g/mol. The minimum atomic E-state index is -0.514. The van der Waals surface area contributed by atoms with Crippen LogP contribution in [0.5, 0.6) is 11.5 Å². The van der Waals surface area contributed by atoms with Gasteiger partial charge in [-0.3, -0.25) is 0 Å². The van der Waals surface area contributed by atoms with Crippen molar-refractivity contribution < 1.29 is 10.2 Å². The topological polar surface area (TPSA) is 91.0 Å². The van der Waals surface area contributed by atoms with Gasteiger partial charge >= 0.3 is 32.0 Å². The number of nitrogens with zero attached hydrogens (tertiary/aromatic N) is 4. The zero-order valence-electron chi connectivity index (χ0n) is 22.9. The van der Waals surface area contributed by atoms with Gasteiger partial charge in [0.05, 0.1) is 0 Å². The number of hydrogen-bond acceptors (Lipinski definition) is 6. The van der Waals surface area contributed by atoms with Crippen molar-refractivity contribution in [1.82, 2.24) is 9.97 Å². The van der Waals surface area contributed by atoms with E-state index in [2.05, 4.69) is 66.7 Å². The highest BCUT2D eigenvalue weighted by Gasteiger charge is 2.01. The maximum absolute atomic E-state index is 9.43. The van der Waals surface area contributed by atoms with Gasteiger partial charge in [-0.2, -0.15) is 0 Å². The fraction of sp³-hybridized carbons (Fsp3) is 0.0625. The van der Waals surface area contributed by atoms with E-state index in [-0.39, 0.29) is 11.5 Å². The van der Waals surface area contributed by atoms with Gasteiger partial charge in [-0.15, -0.1) is 0 Å². The van der Waals surface area contributed by atoms with Crippen LogP contribution in [0.1, 0.15) is 11.4 Å². The predicted octanol–water partition coefficient (Wildman–Crippen LogP) is 5.83. The van der Waals surface area contributed by atoms with Gasteiger partial charge in [0.25, 0.3) is 0 Å². The zero-order chi connectivity index (χ0) is 28.3. The number of rotatable bonds is 3. The summed E-state index contributed by atoms with van der Waals surface area (Å²) in [6, 6.07) is 37.7. The number of phenols is 2. The lowest BCUT2D eigenvalue weighted by molar-refractivity contribution is 0.480. The van der Waals surface area contributed by atoms with Crippen molar-refractivity contribution in [2.45, 2.75) is 13.8 Å². The molecule has 6 rings (SSSR count). The Labute approximate surface area is 248 Å². The van der Waals surface area contributed by atoms with Crippen molar-refractivity contribution in [2.75, 3.05) is 0 Å². The summed E-state index contributed by atoms with van der Waals surface area (Å²) in [5, 5.41) is 20.8. The second kappa shape index (κ2) is 14.4. The molecule has 40 heavy (non-hydrogen) atoms. The van der Waals surface area contributed by atoms with Gasteiger partial charge in [0.15, 0.2) is 0 Å². The van der Waals surface area contributed by atoms with Crippen LogP contribution in [0.4, 0.5) is 0 Å². The van der Waals surface area contributed by atoms with Crippen LogP contribution in [0, 0.1) is 13.8 Å². The minimum absolute atomic E-state index is 0.246. The summed E-state index contributed by atoms with van der Waals surface area (Å²) < 4.78 is 9.45. The molecule has 6 nitrogen and oxygen atoms in total. The predicted molar refractivity (Wildman–Crippen MR) is 168 cm³/mol. The first kappa shape index (κ1) is 29.0. The van der Waals surface area contributed by atoms with Crippen LogP contribution in [0.2, 0.25) is 0 Å². The quantitative estimate of drug-likeness (QED) is 0.212. The Kier molecular flexibility index (Phi) is 10.4. The second-order valence-electron chi connectivity index (χ2n) is 9.17. The number of aromatic nitrogens is 2. The molecule has 0 aliphatic carbocycles. The van der Waals surface area contributed by atoms with E-state index in [4.69, 9.17) is 0 Å². The molecule has 196 valence electrons. The normalized spacial score (nSPS) is 10.4. The first-order chi connectivity index (χ1) is 19.4. The molecular weight excluding hydrogens is 526 g/mol. The third-order valence-corrected chi connectivity index (χ3v) is 8.24. The molecule has 8 heteroatoms. The third-order valence-electron chi connectivity index (χ3n) is 6.13. The van der Waals surface area contributed by atoms with Gasteiger partial charge in [0.1, 0.15) is 22.5 Å². The van der Waals surface area contributed by atoms with Crippen LogP contribution in [0.3, 0.4) is 0 Å². The molecular formula is C32H30Al2N4O2. The molecule has 0 bridgehead atoms. The molecule has 2 N–H and O–H groups in total. The van der Waals surface area contributed by atoms with Gasteiger partial charge in [-0.1, -0.05) is 95.4 Å². The molecule has 0 unspecified atom stereocenters. The first-order valence-corrected chi connectivity index (χ1v) is 15.2. The van der Waals surface area contributed by atoms with Crippen LogP contribution < -0.4 is 4.43 Å². The van der Waals surface area contributed by atoms with E-state index in [0.29, 0.717) is 11.0 Å². The summed E-state index contributed by atoms with van der Waals surface area (Å²) in [6.07, 6.45) is 0. The molecule has 0 saturated heterocycles. The Morgan fingerprint density at radius 2 is 1.07 bits per heavy atom. The van der Waals surface area contributed by atoms with E-state index in [1.807, 2.05) is 68.4 Å². The number of fused-ring (bicyclic) bond motifs is 2. The molecule has 0 saturated carbocycles. The molecule has 0 fully saturated rings. The van der Waals surface area contributed by atoms with Crippen molar-refractivity contribution >= 4 is 58.2 Å². The van der Waals surface area contributed by atoms with Gasteiger partial charge in [0, 0.05) is 22.2 Å². The molecule has 2 heterocycles. The van der Waals surface area contributed by atoms with Gasteiger partial charge in [-0.25, -0.2) is 9.97 Å². The van der Waals surface area contributed by atoms with Crippen LogP contribution in [-0.4, -0.2) is 52.1 Å². The Morgan fingerprint density at radius 1 is 0.575 bits per heavy atom. The lowest BCUT2D eigenvalue weighted by Crippen LogP contribution is -2.10. The maximum atomic E-state index is 9.43. The van der Waals surface area contributed by atoms with E-state index in [9.17, 15) is 10.2 Å². The largest absolute Gasteiger partial charge is 0.506 e. The first-order valence-electron chi connectivity index (χ1n) is 13.0. The van der Waals surface area contributed by atoms with Crippen LogP contribution in [-0.2, 0) is 0 Å². The molecule has 0 aliphatic rings. The summed E-state index contributed by atoms with van der Waals surface area (Å²) in [5.74, 6) is 0.493. The molecule has 0 atom stereocenters. The summed E-state index contributed by atoms with van der Waals surface area (Å²) >= 11 is 0.307. The third kappa shape index (κ3) is 7.99. The molecule has 0 aliphatic heterocycles. The van der Waals surface area contributed by atoms with Crippen molar-refractivity contribution in [3.05, 3.63) is 127 Å². The van der Waals surface area contributed by atoms with E-state index < -0.39 is 15.4 Å². The fourth-order valence-corrected chi connectivity index (χ4v) is 5.22. The number of pyridine rings is 2. The SMILES string of the molecule is Cc1ccc2cccc(O)c2n1.Cc1ccc2cccc(O)c2n1.[AlH2][N]=[N][AlH][c]1ccc(-c2ccccc2)cc1. The van der Waals surface area contributed by atoms with Gasteiger partial charge < -0.3 is 18.4 Å². The van der Waals surface area contributed by atoms with Crippen LogP contribution in [0.25, 0.3) is 32.9 Å². The second-order valence-corrected chi connectivity index (χ2v) is 11.0. The highest BCUT2D eigenvalue weighted by molar-refractivity contribution is 6.51. The molecule has 6 aromatic rings. The van der Waals surface area contributed by atoms with Crippen LogP contribution in [0.15, 0.2) is 123 Å². The van der Waals surface area contributed by atoms with Gasteiger partial charge in [0.2, 0.25) is 0 Å². The number of aromatic hydroxyl groups is 2. The summed E-state index contributed by atoms with van der Waals surface area (Å²) in [7, 11) is 0. The Bertz CT molecular complexity index is 1640. The monoisotopic (exact) mass is 556 g/mol. The van der Waals surface area contributed by atoms with E-state index >= 15 is 0 Å². The number of benzene rings is 4. The molecule has 2 aromatic heterocycles. The maximum Gasteiger partial charge on any atom is 0.482 e. The smallest absolute Gasteiger partial charge is 0.482 e. The van der Waals surface area contributed by atoms with Gasteiger partial charge in [-0.05, 0) is 49.2 Å². The fourth-order valence-electron chi connectivity index (χ4n) is 4.04. The van der Waals surface area contributed by atoms with Crippen molar-refractivity contribution in [3.63, 3.8) is 0 Å². The number of aryl methyl sites for hydroxylation is 2. The zero-order valence-corrected chi connectivity index (χ0v) is 26.3. The van der Waals surface area contributed by atoms with Crippen LogP contribution >= 0.6 is 0 Å². The summed E-state index contributed by atoms with van der Waals surface area (Å²) in [6.45, 7) is 3.82. The summed E-state index contributed by atoms with van der Waals surface area (Å²) in [5.41, 5.74) is 5.73. The Hall–Kier alpha value is -4.04. The number of hydrogen-bond donors (Lipinski definition) is 2.